The second-order valence-corrected chi connectivity index (χ2v) is 7.11. The van der Waals surface area contributed by atoms with Crippen molar-refractivity contribution in [2.45, 2.75) is 32.7 Å². The molecule has 1 aliphatic heterocycles. The van der Waals surface area contributed by atoms with Gasteiger partial charge in [-0.1, -0.05) is 42.5 Å². The lowest BCUT2D eigenvalue weighted by Gasteiger charge is -2.31. The molecule has 2 aromatic rings. The molecule has 2 aromatic carbocycles. The van der Waals surface area contributed by atoms with Crippen LogP contribution in [-0.2, 0) is 24.4 Å². The molecule has 7 heteroatoms. The van der Waals surface area contributed by atoms with Crippen molar-refractivity contribution >= 4 is 29.9 Å². The van der Waals surface area contributed by atoms with Gasteiger partial charge in [-0.05, 0) is 24.1 Å². The normalized spacial score (nSPS) is 17.5. The van der Waals surface area contributed by atoms with Gasteiger partial charge in [0, 0.05) is 45.3 Å². The number of hydrogen-bond donors (Lipinski definition) is 2. The number of morpholine rings is 1. The minimum Gasteiger partial charge on any atom is -0.376 e. The highest BCUT2D eigenvalue weighted by Gasteiger charge is 2.16. The Hall–Kier alpha value is -1.71. The van der Waals surface area contributed by atoms with Crippen LogP contribution in [0.4, 0.5) is 4.39 Å². The minimum atomic E-state index is -0.212. The molecule has 2 N–H and O–H groups in total. The third kappa shape index (κ3) is 7.56. The predicted octanol–water partition coefficient (Wildman–Crippen LogP) is 3.53. The molecule has 0 bridgehead atoms. The summed E-state index contributed by atoms with van der Waals surface area (Å²) in [5, 5.41) is 6.45. The first-order valence-corrected chi connectivity index (χ1v) is 9.73. The zero-order chi connectivity index (χ0) is 19.8. The van der Waals surface area contributed by atoms with Crippen molar-refractivity contribution in [1.82, 2.24) is 15.5 Å². The standard InChI is InChI=1S/C22H29FN4O.HI/c1-17-15-27(10-11-28-17)16-19-7-5-6-18(12-19)13-25-22(24-2)26-14-20-8-3-4-9-21(20)23;/h3-9,12,17H,10-11,13-16H2,1-2H3,(H2,24,25,26);1H. The third-order valence-electron chi connectivity index (χ3n) is 4.81. The van der Waals surface area contributed by atoms with Crippen LogP contribution in [0.3, 0.4) is 0 Å². The van der Waals surface area contributed by atoms with E-state index in [1.54, 1.807) is 19.2 Å². The van der Waals surface area contributed by atoms with E-state index in [-0.39, 0.29) is 29.8 Å². The van der Waals surface area contributed by atoms with Crippen LogP contribution in [0.1, 0.15) is 23.6 Å². The first kappa shape index (κ1) is 23.6. The molecule has 0 spiro atoms. The number of rotatable bonds is 6. The zero-order valence-electron chi connectivity index (χ0n) is 17.0. The van der Waals surface area contributed by atoms with E-state index in [1.165, 1.54) is 17.2 Å². The monoisotopic (exact) mass is 512 g/mol. The Bertz CT molecular complexity index is 802. The van der Waals surface area contributed by atoms with Gasteiger partial charge in [0.05, 0.1) is 12.7 Å². The van der Waals surface area contributed by atoms with Gasteiger partial charge in [-0.3, -0.25) is 9.89 Å². The summed E-state index contributed by atoms with van der Waals surface area (Å²) in [5.74, 6) is 0.436. The van der Waals surface area contributed by atoms with Crippen LogP contribution in [0, 0.1) is 5.82 Å². The summed E-state index contributed by atoms with van der Waals surface area (Å²) in [6, 6.07) is 15.3. The Labute approximate surface area is 189 Å². The van der Waals surface area contributed by atoms with Crippen LogP contribution in [-0.4, -0.2) is 43.7 Å². The van der Waals surface area contributed by atoms with Gasteiger partial charge in [0.2, 0.25) is 0 Å². The Morgan fingerprint density at radius 1 is 1.14 bits per heavy atom. The van der Waals surface area contributed by atoms with Gasteiger partial charge in [0.1, 0.15) is 5.82 Å². The van der Waals surface area contributed by atoms with Gasteiger partial charge >= 0.3 is 0 Å². The van der Waals surface area contributed by atoms with Crippen LogP contribution in [0.2, 0.25) is 0 Å². The fraction of sp³-hybridized carbons (Fsp3) is 0.409. The average molecular weight is 512 g/mol. The minimum absolute atomic E-state index is 0. The van der Waals surface area contributed by atoms with Gasteiger partial charge in [0.15, 0.2) is 5.96 Å². The van der Waals surface area contributed by atoms with Crippen molar-refractivity contribution in [2.24, 2.45) is 4.99 Å². The van der Waals surface area contributed by atoms with E-state index in [0.717, 1.165) is 26.2 Å². The molecule has 5 nitrogen and oxygen atoms in total. The van der Waals surface area contributed by atoms with Crippen molar-refractivity contribution < 1.29 is 9.13 Å². The number of benzene rings is 2. The molecule has 0 aromatic heterocycles. The highest BCUT2D eigenvalue weighted by molar-refractivity contribution is 14.0. The summed E-state index contributed by atoms with van der Waals surface area (Å²) in [7, 11) is 1.71. The number of aliphatic imine (C=N–C) groups is 1. The van der Waals surface area contributed by atoms with Gasteiger partial charge in [-0.15, -0.1) is 24.0 Å². The third-order valence-corrected chi connectivity index (χ3v) is 4.81. The second kappa shape index (κ2) is 12.1. The van der Waals surface area contributed by atoms with Gasteiger partial charge in [-0.2, -0.15) is 0 Å². The van der Waals surface area contributed by atoms with Gasteiger partial charge < -0.3 is 15.4 Å². The van der Waals surface area contributed by atoms with Crippen LogP contribution in [0.5, 0.6) is 0 Å². The molecule has 3 rings (SSSR count). The predicted molar refractivity (Wildman–Crippen MR) is 126 cm³/mol. The van der Waals surface area contributed by atoms with E-state index in [1.807, 2.05) is 6.07 Å². The molecule has 0 amide bonds. The molecule has 1 atom stereocenters. The molecule has 0 aliphatic carbocycles. The summed E-state index contributed by atoms with van der Waals surface area (Å²) in [6.45, 7) is 6.83. The molecule has 29 heavy (non-hydrogen) atoms. The Morgan fingerprint density at radius 2 is 1.90 bits per heavy atom. The summed E-state index contributed by atoms with van der Waals surface area (Å²) in [4.78, 5) is 6.65. The molecule has 1 heterocycles. The van der Waals surface area contributed by atoms with E-state index in [4.69, 9.17) is 4.74 Å². The molecular formula is C22H30FIN4O. The lowest BCUT2D eigenvalue weighted by Crippen LogP contribution is -2.40. The highest BCUT2D eigenvalue weighted by Crippen LogP contribution is 2.12. The van der Waals surface area contributed by atoms with Crippen molar-refractivity contribution in [1.29, 1.82) is 0 Å². The second-order valence-electron chi connectivity index (χ2n) is 7.11. The number of hydrogen-bond acceptors (Lipinski definition) is 3. The van der Waals surface area contributed by atoms with Crippen LogP contribution in [0.15, 0.2) is 53.5 Å². The summed E-state index contributed by atoms with van der Waals surface area (Å²) in [6.07, 6.45) is 0.294. The van der Waals surface area contributed by atoms with Gasteiger partial charge in [-0.25, -0.2) is 4.39 Å². The van der Waals surface area contributed by atoms with Crippen molar-refractivity contribution in [2.75, 3.05) is 26.7 Å². The number of halogens is 2. The van der Waals surface area contributed by atoms with Crippen molar-refractivity contribution in [3.05, 3.63) is 71.0 Å². The van der Waals surface area contributed by atoms with E-state index >= 15 is 0 Å². The molecule has 1 unspecified atom stereocenters. The number of ether oxygens (including phenoxy) is 1. The quantitative estimate of drug-likeness (QED) is 0.354. The molecule has 158 valence electrons. The summed E-state index contributed by atoms with van der Waals surface area (Å²) < 4.78 is 19.4. The number of nitrogens with zero attached hydrogens (tertiary/aromatic N) is 2. The molecule has 1 saturated heterocycles. The van der Waals surface area contributed by atoms with E-state index in [0.29, 0.717) is 30.7 Å². The van der Waals surface area contributed by atoms with E-state index in [9.17, 15) is 4.39 Å². The number of nitrogens with one attached hydrogen (secondary N) is 2. The summed E-state index contributed by atoms with van der Waals surface area (Å²) >= 11 is 0. The topological polar surface area (TPSA) is 48.9 Å². The maximum atomic E-state index is 13.7. The molecule has 1 aliphatic rings. The van der Waals surface area contributed by atoms with E-state index in [2.05, 4.69) is 51.7 Å². The Balaban J connectivity index is 0.00000300. The largest absolute Gasteiger partial charge is 0.376 e. The maximum Gasteiger partial charge on any atom is 0.191 e. The van der Waals surface area contributed by atoms with Crippen molar-refractivity contribution in [3.63, 3.8) is 0 Å². The van der Waals surface area contributed by atoms with Crippen LogP contribution >= 0.6 is 24.0 Å². The fourth-order valence-corrected chi connectivity index (χ4v) is 3.36. The first-order chi connectivity index (χ1) is 13.6. The van der Waals surface area contributed by atoms with E-state index < -0.39 is 0 Å². The lowest BCUT2D eigenvalue weighted by atomic mass is 10.1. The summed E-state index contributed by atoms with van der Waals surface area (Å²) in [5.41, 5.74) is 3.10. The molecule has 0 radical (unpaired) electrons. The Kier molecular flexibility index (Phi) is 9.83. The molecule has 1 fully saturated rings. The lowest BCUT2D eigenvalue weighted by molar-refractivity contribution is -0.0212. The van der Waals surface area contributed by atoms with Crippen LogP contribution in [0.25, 0.3) is 0 Å². The maximum absolute atomic E-state index is 13.7. The SMILES string of the molecule is CN=C(NCc1cccc(CN2CCOC(C)C2)c1)NCc1ccccc1F.I. The zero-order valence-corrected chi connectivity index (χ0v) is 19.4. The number of guanidine groups is 1. The van der Waals surface area contributed by atoms with Gasteiger partial charge in [0.25, 0.3) is 0 Å². The average Bonchev–Trinajstić information content (AvgIpc) is 2.70. The Morgan fingerprint density at radius 3 is 2.66 bits per heavy atom. The molecular weight excluding hydrogens is 482 g/mol. The van der Waals surface area contributed by atoms with Crippen LogP contribution < -0.4 is 10.6 Å². The smallest absolute Gasteiger partial charge is 0.191 e. The molecule has 0 saturated carbocycles. The highest BCUT2D eigenvalue weighted by atomic mass is 127. The van der Waals surface area contributed by atoms with Crippen molar-refractivity contribution in [3.8, 4) is 0 Å². The fourth-order valence-electron chi connectivity index (χ4n) is 3.36. The first-order valence-electron chi connectivity index (χ1n) is 9.73.